The van der Waals surface area contributed by atoms with Crippen LogP contribution >= 0.6 is 0 Å². The second-order valence-corrected chi connectivity index (χ2v) is 7.46. The van der Waals surface area contributed by atoms with Gasteiger partial charge in [-0.05, 0) is 71.5 Å². The molecule has 120 valence electrons. The minimum absolute atomic E-state index is 0.441. The van der Waals surface area contributed by atoms with Crippen LogP contribution in [0.5, 0.6) is 0 Å². The lowest BCUT2D eigenvalue weighted by atomic mass is 9.79. The summed E-state index contributed by atoms with van der Waals surface area (Å²) in [6.45, 7) is 2.68. The summed E-state index contributed by atoms with van der Waals surface area (Å²) in [4.78, 5) is 2.86. The molecule has 0 bridgehead atoms. The Morgan fingerprint density at radius 1 is 0.952 bits per heavy atom. The average Bonchev–Trinajstić information content (AvgIpc) is 3.12. The van der Waals surface area contributed by atoms with Crippen LogP contribution in [0.15, 0.2) is 11.6 Å². The smallest absolute Gasteiger partial charge is 0.0464 e. The lowest BCUT2D eigenvalue weighted by molar-refractivity contribution is 0.0913. The maximum atomic E-state index is 3.77. The number of hydrogen-bond acceptors (Lipinski definition) is 2. The van der Waals surface area contributed by atoms with Crippen LogP contribution in [0.25, 0.3) is 0 Å². The van der Waals surface area contributed by atoms with E-state index in [1.54, 1.807) is 5.57 Å². The molecule has 0 aromatic rings. The molecule has 2 nitrogen and oxygen atoms in total. The Bertz CT molecular complexity index is 349. The van der Waals surface area contributed by atoms with E-state index in [-0.39, 0.29) is 0 Å². The van der Waals surface area contributed by atoms with E-state index in [1.165, 1.54) is 90.1 Å². The first-order chi connectivity index (χ1) is 10.4. The highest BCUT2D eigenvalue weighted by Gasteiger charge is 2.47. The molecule has 1 N–H and O–H groups in total. The standard InChI is InChI=1S/C19H34N2/c1-20-18(17-11-5-3-2-4-6-12-17)19(13-7-8-14-19)21-15-9-10-16-21/h11,18,20H,2-10,12-16H2,1H3. The van der Waals surface area contributed by atoms with Gasteiger partial charge in [-0.15, -0.1) is 0 Å². The molecule has 1 saturated heterocycles. The maximum Gasteiger partial charge on any atom is 0.0464 e. The normalized spacial score (nSPS) is 28.9. The second kappa shape index (κ2) is 7.28. The number of hydrogen-bond donors (Lipinski definition) is 1. The molecule has 3 aliphatic rings. The van der Waals surface area contributed by atoms with Crippen molar-refractivity contribution in [3.8, 4) is 0 Å². The number of nitrogens with one attached hydrogen (secondary N) is 1. The highest BCUT2D eigenvalue weighted by Crippen LogP contribution is 2.43. The average molecular weight is 290 g/mol. The molecular formula is C19H34N2. The van der Waals surface area contributed by atoms with Crippen molar-refractivity contribution >= 4 is 0 Å². The molecule has 2 aliphatic carbocycles. The van der Waals surface area contributed by atoms with Gasteiger partial charge < -0.3 is 5.32 Å². The van der Waals surface area contributed by atoms with Crippen molar-refractivity contribution in [2.45, 2.75) is 88.6 Å². The van der Waals surface area contributed by atoms with E-state index in [9.17, 15) is 0 Å². The van der Waals surface area contributed by atoms with Crippen LogP contribution in [0.1, 0.15) is 77.0 Å². The van der Waals surface area contributed by atoms with Crippen molar-refractivity contribution in [3.05, 3.63) is 11.6 Å². The minimum atomic E-state index is 0.441. The van der Waals surface area contributed by atoms with Crippen molar-refractivity contribution < 1.29 is 0 Å². The van der Waals surface area contributed by atoms with Gasteiger partial charge in [0, 0.05) is 11.6 Å². The molecule has 2 heteroatoms. The first-order valence-electron chi connectivity index (χ1n) is 9.48. The second-order valence-electron chi connectivity index (χ2n) is 7.46. The molecule has 1 saturated carbocycles. The van der Waals surface area contributed by atoms with Crippen LogP contribution in [-0.4, -0.2) is 36.6 Å². The van der Waals surface area contributed by atoms with E-state index >= 15 is 0 Å². The van der Waals surface area contributed by atoms with E-state index in [0.29, 0.717) is 11.6 Å². The van der Waals surface area contributed by atoms with Crippen LogP contribution in [0, 0.1) is 0 Å². The Labute approximate surface area is 131 Å². The maximum absolute atomic E-state index is 3.77. The molecule has 21 heavy (non-hydrogen) atoms. The predicted octanol–water partition coefficient (Wildman–Crippen LogP) is 4.26. The van der Waals surface area contributed by atoms with E-state index in [4.69, 9.17) is 0 Å². The SMILES string of the molecule is CNC(C1=CCCCCCC1)C1(N2CCCC2)CCCC1. The van der Waals surface area contributed by atoms with Gasteiger partial charge in [0.15, 0.2) is 0 Å². The molecule has 2 fully saturated rings. The Balaban J connectivity index is 1.84. The van der Waals surface area contributed by atoms with Gasteiger partial charge in [-0.25, -0.2) is 0 Å². The van der Waals surface area contributed by atoms with Gasteiger partial charge in [0.05, 0.1) is 0 Å². The van der Waals surface area contributed by atoms with E-state index in [2.05, 4.69) is 23.3 Å². The fraction of sp³-hybridized carbons (Fsp3) is 0.895. The van der Waals surface area contributed by atoms with Gasteiger partial charge in [-0.2, -0.15) is 0 Å². The summed E-state index contributed by atoms with van der Waals surface area (Å²) in [5, 5.41) is 3.77. The quantitative estimate of drug-likeness (QED) is 0.778. The van der Waals surface area contributed by atoms with Gasteiger partial charge in [0.1, 0.15) is 0 Å². The summed E-state index contributed by atoms with van der Waals surface area (Å²) < 4.78 is 0. The van der Waals surface area contributed by atoms with Crippen molar-refractivity contribution in [2.75, 3.05) is 20.1 Å². The molecule has 1 unspecified atom stereocenters. The number of rotatable bonds is 4. The molecule has 0 amide bonds. The van der Waals surface area contributed by atoms with Gasteiger partial charge in [-0.3, -0.25) is 4.90 Å². The number of likely N-dealkylation sites (tertiary alicyclic amines) is 1. The lowest BCUT2D eigenvalue weighted by Gasteiger charge is -2.46. The first-order valence-corrected chi connectivity index (χ1v) is 9.48. The van der Waals surface area contributed by atoms with Gasteiger partial charge in [-0.1, -0.05) is 37.3 Å². The van der Waals surface area contributed by atoms with Crippen molar-refractivity contribution in [2.24, 2.45) is 0 Å². The third-order valence-electron chi connectivity index (χ3n) is 6.23. The van der Waals surface area contributed by atoms with Gasteiger partial charge in [0.2, 0.25) is 0 Å². The summed E-state index contributed by atoms with van der Waals surface area (Å²) in [5.74, 6) is 0. The molecule has 3 rings (SSSR count). The molecule has 1 atom stereocenters. The zero-order valence-corrected chi connectivity index (χ0v) is 14.0. The van der Waals surface area contributed by atoms with Crippen LogP contribution in [0.3, 0.4) is 0 Å². The van der Waals surface area contributed by atoms with Crippen LogP contribution in [0.2, 0.25) is 0 Å². The van der Waals surface area contributed by atoms with Crippen LogP contribution in [-0.2, 0) is 0 Å². The van der Waals surface area contributed by atoms with Crippen LogP contribution in [0.4, 0.5) is 0 Å². The molecule has 0 aromatic carbocycles. The predicted molar refractivity (Wildman–Crippen MR) is 90.6 cm³/mol. The van der Waals surface area contributed by atoms with Crippen LogP contribution < -0.4 is 5.32 Å². The molecule has 0 spiro atoms. The van der Waals surface area contributed by atoms with Crippen molar-refractivity contribution in [3.63, 3.8) is 0 Å². The summed E-state index contributed by atoms with van der Waals surface area (Å²) >= 11 is 0. The molecule has 1 aliphatic heterocycles. The van der Waals surface area contributed by atoms with Gasteiger partial charge >= 0.3 is 0 Å². The van der Waals surface area contributed by atoms with E-state index < -0.39 is 0 Å². The zero-order valence-electron chi connectivity index (χ0n) is 14.0. The Morgan fingerprint density at radius 3 is 2.38 bits per heavy atom. The van der Waals surface area contributed by atoms with Crippen molar-refractivity contribution in [1.29, 1.82) is 0 Å². The Hall–Kier alpha value is -0.340. The summed E-state index contributed by atoms with van der Waals surface area (Å²) in [7, 11) is 2.21. The third-order valence-corrected chi connectivity index (χ3v) is 6.23. The highest BCUT2D eigenvalue weighted by molar-refractivity contribution is 5.22. The fourth-order valence-electron chi connectivity index (χ4n) is 5.22. The summed E-state index contributed by atoms with van der Waals surface area (Å²) in [6, 6.07) is 0.608. The highest BCUT2D eigenvalue weighted by atomic mass is 15.2. The molecule has 0 radical (unpaired) electrons. The molecule has 0 aromatic heterocycles. The molecular weight excluding hydrogens is 256 g/mol. The zero-order chi connectivity index (χ0) is 14.5. The molecule has 1 heterocycles. The van der Waals surface area contributed by atoms with Crippen molar-refractivity contribution in [1.82, 2.24) is 10.2 Å². The van der Waals surface area contributed by atoms with E-state index in [1.807, 2.05) is 0 Å². The largest absolute Gasteiger partial charge is 0.312 e. The Morgan fingerprint density at radius 2 is 1.67 bits per heavy atom. The summed E-state index contributed by atoms with van der Waals surface area (Å²) in [6.07, 6.45) is 19.4. The fourth-order valence-corrected chi connectivity index (χ4v) is 5.22. The monoisotopic (exact) mass is 290 g/mol. The Kier molecular flexibility index (Phi) is 5.39. The lowest BCUT2D eigenvalue weighted by Crippen LogP contribution is -2.59. The first kappa shape index (κ1) is 15.6. The minimum Gasteiger partial charge on any atom is -0.312 e. The third kappa shape index (κ3) is 3.22. The topological polar surface area (TPSA) is 15.3 Å². The number of nitrogens with zero attached hydrogens (tertiary/aromatic N) is 1. The number of allylic oxidation sites excluding steroid dienone is 1. The number of likely N-dealkylation sites (N-methyl/N-ethyl adjacent to an activating group) is 1. The van der Waals surface area contributed by atoms with E-state index in [0.717, 1.165) is 0 Å². The summed E-state index contributed by atoms with van der Waals surface area (Å²) in [5.41, 5.74) is 2.18. The van der Waals surface area contributed by atoms with Gasteiger partial charge in [0.25, 0.3) is 0 Å².